The molecule has 0 amide bonds. The fourth-order valence-electron chi connectivity index (χ4n) is 1.87. The van der Waals surface area contributed by atoms with Crippen LogP contribution in [0.15, 0.2) is 30.3 Å². The maximum absolute atomic E-state index is 13.7. The molecule has 100 valence electrons. The molecule has 0 N–H and O–H groups in total. The fourth-order valence-corrected chi connectivity index (χ4v) is 2.87. The third kappa shape index (κ3) is 3.12. The van der Waals surface area contributed by atoms with Crippen LogP contribution in [0, 0.1) is 24.4 Å². The van der Waals surface area contributed by atoms with Gasteiger partial charge in [-0.15, -0.1) is 0 Å². The van der Waals surface area contributed by atoms with E-state index in [1.54, 1.807) is 18.2 Å². The number of hydrogen-bond donors (Lipinski definition) is 0. The smallest absolute Gasteiger partial charge is 0.133 e. The molecule has 0 aliphatic rings. The second-order valence-corrected chi connectivity index (χ2v) is 5.56. The zero-order valence-corrected chi connectivity index (χ0v) is 12.2. The van der Waals surface area contributed by atoms with E-state index in [1.807, 2.05) is 6.92 Å². The SMILES string of the molecule is Cc1cc(Cl)cc(C(Br)c2c(F)cc(F)cc2F)c1. The van der Waals surface area contributed by atoms with E-state index in [-0.39, 0.29) is 5.56 Å². The molecule has 2 aromatic carbocycles. The molecule has 0 fully saturated rings. The lowest BCUT2D eigenvalue weighted by atomic mass is 10.0. The van der Waals surface area contributed by atoms with E-state index in [9.17, 15) is 13.2 Å². The molecule has 2 rings (SSSR count). The second kappa shape index (κ2) is 5.55. The topological polar surface area (TPSA) is 0 Å². The zero-order valence-electron chi connectivity index (χ0n) is 9.85. The lowest BCUT2D eigenvalue weighted by molar-refractivity contribution is 0.527. The van der Waals surface area contributed by atoms with Crippen LogP contribution < -0.4 is 0 Å². The highest BCUT2D eigenvalue weighted by molar-refractivity contribution is 9.09. The van der Waals surface area contributed by atoms with Gasteiger partial charge in [0.25, 0.3) is 0 Å². The van der Waals surface area contributed by atoms with Gasteiger partial charge in [0.2, 0.25) is 0 Å². The van der Waals surface area contributed by atoms with Crippen LogP contribution in [0.1, 0.15) is 21.5 Å². The molecule has 0 aliphatic carbocycles. The van der Waals surface area contributed by atoms with Gasteiger partial charge in [-0.05, 0) is 30.2 Å². The van der Waals surface area contributed by atoms with E-state index in [2.05, 4.69) is 15.9 Å². The average Bonchev–Trinajstić information content (AvgIpc) is 2.25. The predicted molar refractivity (Wildman–Crippen MR) is 73.3 cm³/mol. The highest BCUT2D eigenvalue weighted by Gasteiger charge is 2.21. The second-order valence-electron chi connectivity index (χ2n) is 4.21. The largest absolute Gasteiger partial charge is 0.207 e. The van der Waals surface area contributed by atoms with Gasteiger partial charge in [-0.3, -0.25) is 0 Å². The van der Waals surface area contributed by atoms with Gasteiger partial charge in [0.05, 0.1) is 4.83 Å². The van der Waals surface area contributed by atoms with Crippen molar-refractivity contribution in [3.05, 3.63) is 69.5 Å². The Hall–Kier alpha value is -1.00. The molecule has 1 unspecified atom stereocenters. The van der Waals surface area contributed by atoms with E-state index in [4.69, 9.17) is 11.6 Å². The van der Waals surface area contributed by atoms with Crippen molar-refractivity contribution in [3.8, 4) is 0 Å². The molecule has 0 aliphatic heterocycles. The maximum atomic E-state index is 13.7. The molecule has 0 bridgehead atoms. The molecule has 19 heavy (non-hydrogen) atoms. The first kappa shape index (κ1) is 14.4. The van der Waals surface area contributed by atoms with Crippen molar-refractivity contribution in [2.75, 3.05) is 0 Å². The minimum absolute atomic E-state index is 0.233. The fraction of sp³-hybridized carbons (Fsp3) is 0.143. The monoisotopic (exact) mass is 348 g/mol. The molecular formula is C14H9BrClF3. The lowest BCUT2D eigenvalue weighted by Gasteiger charge is -2.14. The van der Waals surface area contributed by atoms with Gasteiger partial charge in [0.15, 0.2) is 0 Å². The van der Waals surface area contributed by atoms with E-state index >= 15 is 0 Å². The molecule has 0 spiro atoms. The molecule has 0 aromatic heterocycles. The van der Waals surface area contributed by atoms with Gasteiger partial charge in [-0.1, -0.05) is 33.6 Å². The summed E-state index contributed by atoms with van der Waals surface area (Å²) in [6.07, 6.45) is 0. The summed E-state index contributed by atoms with van der Waals surface area (Å²) in [5, 5.41) is 0.474. The van der Waals surface area contributed by atoms with Crippen LogP contribution in [0.4, 0.5) is 13.2 Å². The Morgan fingerprint density at radius 1 is 1.00 bits per heavy atom. The van der Waals surface area contributed by atoms with Gasteiger partial charge >= 0.3 is 0 Å². The van der Waals surface area contributed by atoms with Gasteiger partial charge in [-0.2, -0.15) is 0 Å². The van der Waals surface area contributed by atoms with Crippen LogP contribution in [0.2, 0.25) is 5.02 Å². The molecule has 0 heterocycles. The van der Waals surface area contributed by atoms with Crippen LogP contribution in [0.25, 0.3) is 0 Å². The van der Waals surface area contributed by atoms with E-state index < -0.39 is 22.3 Å². The Morgan fingerprint density at radius 2 is 1.58 bits per heavy atom. The Balaban J connectivity index is 2.52. The standard InChI is InChI=1S/C14H9BrClF3/c1-7-2-8(4-9(16)3-7)14(15)13-11(18)5-10(17)6-12(13)19/h2-6,14H,1H3. The van der Waals surface area contributed by atoms with E-state index in [0.717, 1.165) is 5.56 Å². The normalized spacial score (nSPS) is 12.5. The first-order valence-electron chi connectivity index (χ1n) is 5.44. The Bertz CT molecular complexity index is 585. The molecule has 2 aromatic rings. The molecular weight excluding hydrogens is 341 g/mol. The summed E-state index contributed by atoms with van der Waals surface area (Å²) in [6, 6.07) is 6.42. The number of rotatable bonds is 2. The molecule has 0 saturated carbocycles. The van der Waals surface area contributed by atoms with Gasteiger partial charge < -0.3 is 0 Å². The number of alkyl halides is 1. The number of benzene rings is 2. The lowest BCUT2D eigenvalue weighted by Crippen LogP contribution is -2.02. The molecule has 0 saturated heterocycles. The first-order valence-corrected chi connectivity index (χ1v) is 6.73. The quantitative estimate of drug-likeness (QED) is 0.624. The summed E-state index contributed by atoms with van der Waals surface area (Å²) in [7, 11) is 0. The summed E-state index contributed by atoms with van der Waals surface area (Å²) in [4.78, 5) is -0.731. The number of aryl methyl sites for hydroxylation is 1. The van der Waals surface area contributed by atoms with Crippen molar-refractivity contribution in [1.82, 2.24) is 0 Å². The van der Waals surface area contributed by atoms with Crippen LogP contribution in [-0.2, 0) is 0 Å². The minimum atomic E-state index is -0.944. The van der Waals surface area contributed by atoms with Crippen LogP contribution in [-0.4, -0.2) is 0 Å². The maximum Gasteiger partial charge on any atom is 0.133 e. The average molecular weight is 350 g/mol. The van der Waals surface area contributed by atoms with Crippen LogP contribution >= 0.6 is 27.5 Å². The summed E-state index contributed by atoms with van der Waals surface area (Å²) < 4.78 is 40.3. The molecule has 0 nitrogen and oxygen atoms in total. The highest BCUT2D eigenvalue weighted by Crippen LogP contribution is 2.36. The highest BCUT2D eigenvalue weighted by atomic mass is 79.9. The van der Waals surface area contributed by atoms with Crippen molar-refractivity contribution >= 4 is 27.5 Å². The molecule has 1 atom stereocenters. The van der Waals surface area contributed by atoms with Crippen molar-refractivity contribution in [2.45, 2.75) is 11.8 Å². The van der Waals surface area contributed by atoms with Crippen molar-refractivity contribution < 1.29 is 13.2 Å². The predicted octanol–water partition coefficient (Wildman–Crippen LogP) is 5.55. The Morgan fingerprint density at radius 3 is 2.11 bits per heavy atom. The van der Waals surface area contributed by atoms with E-state index in [1.165, 1.54) is 0 Å². The summed E-state index contributed by atoms with van der Waals surface area (Å²) in [6.45, 7) is 1.83. The minimum Gasteiger partial charge on any atom is -0.207 e. The first-order chi connectivity index (χ1) is 8.88. The Kier molecular flexibility index (Phi) is 4.21. The number of halogens is 5. The summed E-state index contributed by atoms with van der Waals surface area (Å²) in [5.41, 5.74) is 1.24. The van der Waals surface area contributed by atoms with Gasteiger partial charge in [-0.25, -0.2) is 13.2 Å². The Labute approximate surface area is 122 Å². The third-order valence-corrected chi connectivity index (χ3v) is 3.86. The molecule has 5 heteroatoms. The van der Waals surface area contributed by atoms with Crippen LogP contribution in [0.3, 0.4) is 0 Å². The molecule has 0 radical (unpaired) electrons. The van der Waals surface area contributed by atoms with Gasteiger partial charge in [0, 0.05) is 22.7 Å². The zero-order chi connectivity index (χ0) is 14.2. The van der Waals surface area contributed by atoms with Crippen molar-refractivity contribution in [1.29, 1.82) is 0 Å². The van der Waals surface area contributed by atoms with Crippen molar-refractivity contribution in [2.24, 2.45) is 0 Å². The summed E-state index contributed by atoms with van der Waals surface area (Å²) in [5.74, 6) is -2.81. The van der Waals surface area contributed by atoms with E-state index in [0.29, 0.717) is 22.7 Å². The number of hydrogen-bond acceptors (Lipinski definition) is 0. The third-order valence-electron chi connectivity index (χ3n) is 2.65. The van der Waals surface area contributed by atoms with Crippen LogP contribution in [0.5, 0.6) is 0 Å². The van der Waals surface area contributed by atoms with Crippen molar-refractivity contribution in [3.63, 3.8) is 0 Å². The van der Waals surface area contributed by atoms with Gasteiger partial charge in [0.1, 0.15) is 17.5 Å². The summed E-state index contributed by atoms with van der Waals surface area (Å²) >= 11 is 9.15.